The molecule has 22 heavy (non-hydrogen) atoms. The normalized spacial score (nSPS) is 23.5. The number of piperazine rings is 1. The molecule has 2 heterocycles. The lowest BCUT2D eigenvalue weighted by molar-refractivity contribution is -0.134. The third-order valence-electron chi connectivity index (χ3n) is 4.68. The molecule has 120 valence electrons. The van der Waals surface area contributed by atoms with E-state index in [9.17, 15) is 9.18 Å². The molecule has 0 unspecified atom stereocenters. The molecule has 2 fully saturated rings. The summed E-state index contributed by atoms with van der Waals surface area (Å²) >= 11 is 0. The van der Waals surface area contributed by atoms with Gasteiger partial charge < -0.3 is 10.2 Å². The molecule has 3 rings (SSSR count). The second kappa shape index (κ2) is 7.20. The summed E-state index contributed by atoms with van der Waals surface area (Å²) in [5, 5.41) is 3.27. The summed E-state index contributed by atoms with van der Waals surface area (Å²) < 4.78 is 13.1. The third-order valence-corrected chi connectivity index (χ3v) is 4.68. The maximum absolute atomic E-state index is 13.1. The van der Waals surface area contributed by atoms with Crippen LogP contribution in [0.5, 0.6) is 0 Å². The van der Waals surface area contributed by atoms with E-state index in [-0.39, 0.29) is 17.8 Å². The monoisotopic (exact) mass is 305 g/mol. The highest BCUT2D eigenvalue weighted by Gasteiger charge is 2.27. The van der Waals surface area contributed by atoms with Gasteiger partial charge in [-0.2, -0.15) is 0 Å². The smallest absolute Gasteiger partial charge is 0.236 e. The minimum absolute atomic E-state index is 0.206. The van der Waals surface area contributed by atoms with Gasteiger partial charge in [-0.3, -0.25) is 9.69 Å². The lowest BCUT2D eigenvalue weighted by Gasteiger charge is -2.37. The van der Waals surface area contributed by atoms with Gasteiger partial charge >= 0.3 is 0 Å². The molecule has 1 N–H and O–H groups in total. The highest BCUT2D eigenvalue weighted by atomic mass is 19.1. The Morgan fingerprint density at radius 2 is 1.86 bits per heavy atom. The Morgan fingerprint density at radius 3 is 2.59 bits per heavy atom. The van der Waals surface area contributed by atoms with Crippen LogP contribution in [0.15, 0.2) is 24.3 Å². The van der Waals surface area contributed by atoms with Gasteiger partial charge in [-0.15, -0.1) is 0 Å². The number of amides is 1. The van der Waals surface area contributed by atoms with Gasteiger partial charge in [0.15, 0.2) is 0 Å². The first kappa shape index (κ1) is 15.4. The summed E-state index contributed by atoms with van der Waals surface area (Å²) in [6, 6.07) is 6.98. The van der Waals surface area contributed by atoms with E-state index < -0.39 is 0 Å². The van der Waals surface area contributed by atoms with Crippen molar-refractivity contribution in [1.82, 2.24) is 15.1 Å². The molecular formula is C17H24FN3O. The number of piperidine rings is 1. The molecule has 0 spiro atoms. The fraction of sp³-hybridized carbons (Fsp3) is 0.588. The Hall–Kier alpha value is -1.46. The summed E-state index contributed by atoms with van der Waals surface area (Å²) in [4.78, 5) is 16.7. The number of nitrogens with zero attached hydrogens (tertiary/aromatic N) is 2. The van der Waals surface area contributed by atoms with E-state index in [2.05, 4.69) is 10.2 Å². The van der Waals surface area contributed by atoms with Crippen LogP contribution in [-0.2, 0) is 4.79 Å². The van der Waals surface area contributed by atoms with Crippen LogP contribution in [0.25, 0.3) is 0 Å². The van der Waals surface area contributed by atoms with Crippen molar-refractivity contribution in [2.45, 2.75) is 25.3 Å². The fourth-order valence-corrected chi connectivity index (χ4v) is 3.43. The Balaban J connectivity index is 1.66. The maximum atomic E-state index is 13.1. The number of hydrogen-bond donors (Lipinski definition) is 1. The summed E-state index contributed by atoms with van der Waals surface area (Å²) in [7, 11) is 0. The van der Waals surface area contributed by atoms with Crippen LogP contribution in [0.3, 0.4) is 0 Å². The number of benzene rings is 1. The van der Waals surface area contributed by atoms with Crippen molar-refractivity contribution in [3.8, 4) is 0 Å². The van der Waals surface area contributed by atoms with Crippen molar-refractivity contribution >= 4 is 5.91 Å². The van der Waals surface area contributed by atoms with Crippen molar-refractivity contribution in [2.75, 3.05) is 39.3 Å². The molecule has 1 aromatic rings. The van der Waals surface area contributed by atoms with Crippen LogP contribution in [0.1, 0.15) is 30.9 Å². The SMILES string of the molecule is O=C(CN1CCCC[C@H]1c1ccc(F)cc1)N1CCNCC1. The van der Waals surface area contributed by atoms with E-state index in [1.54, 1.807) is 0 Å². The van der Waals surface area contributed by atoms with Crippen molar-refractivity contribution in [2.24, 2.45) is 0 Å². The van der Waals surface area contributed by atoms with E-state index in [1.165, 1.54) is 18.6 Å². The van der Waals surface area contributed by atoms with Gasteiger partial charge in [-0.1, -0.05) is 18.6 Å². The number of carbonyl (C=O) groups excluding carboxylic acids is 1. The topological polar surface area (TPSA) is 35.6 Å². The number of likely N-dealkylation sites (tertiary alicyclic amines) is 1. The highest BCUT2D eigenvalue weighted by molar-refractivity contribution is 5.78. The first-order valence-electron chi connectivity index (χ1n) is 8.22. The molecule has 1 atom stereocenters. The third kappa shape index (κ3) is 3.65. The zero-order valence-electron chi connectivity index (χ0n) is 12.9. The summed E-state index contributed by atoms with van der Waals surface area (Å²) in [6.07, 6.45) is 3.34. The Bertz CT molecular complexity index is 499. The van der Waals surface area contributed by atoms with E-state index in [0.29, 0.717) is 6.54 Å². The van der Waals surface area contributed by atoms with Gasteiger partial charge in [0.05, 0.1) is 6.54 Å². The quantitative estimate of drug-likeness (QED) is 0.925. The standard InChI is InChI=1S/C17H24FN3O/c18-15-6-4-14(5-7-15)16-3-1-2-10-21(16)13-17(22)20-11-8-19-9-12-20/h4-7,16,19H,1-3,8-13H2/t16-/m0/s1. The zero-order valence-corrected chi connectivity index (χ0v) is 12.9. The van der Waals surface area contributed by atoms with Gasteiger partial charge in [0.25, 0.3) is 0 Å². The molecule has 0 radical (unpaired) electrons. The van der Waals surface area contributed by atoms with Crippen molar-refractivity contribution in [3.63, 3.8) is 0 Å². The molecule has 1 aromatic carbocycles. The molecule has 5 heteroatoms. The van der Waals surface area contributed by atoms with Gasteiger partial charge in [-0.25, -0.2) is 4.39 Å². The fourth-order valence-electron chi connectivity index (χ4n) is 3.43. The van der Waals surface area contributed by atoms with Crippen LogP contribution in [0.2, 0.25) is 0 Å². The molecule has 0 bridgehead atoms. The lowest BCUT2D eigenvalue weighted by atomic mass is 9.95. The van der Waals surface area contributed by atoms with E-state index in [1.807, 2.05) is 17.0 Å². The highest BCUT2D eigenvalue weighted by Crippen LogP contribution is 2.30. The minimum atomic E-state index is -0.206. The van der Waals surface area contributed by atoms with Crippen molar-refractivity contribution in [1.29, 1.82) is 0 Å². The largest absolute Gasteiger partial charge is 0.339 e. The molecule has 0 aromatic heterocycles. The van der Waals surface area contributed by atoms with E-state index in [0.717, 1.165) is 51.1 Å². The number of carbonyl (C=O) groups is 1. The van der Waals surface area contributed by atoms with Gasteiger partial charge in [0.2, 0.25) is 5.91 Å². The van der Waals surface area contributed by atoms with Crippen molar-refractivity contribution in [3.05, 3.63) is 35.6 Å². The van der Waals surface area contributed by atoms with Crippen LogP contribution in [0, 0.1) is 5.82 Å². The van der Waals surface area contributed by atoms with Gasteiger partial charge in [-0.05, 0) is 37.1 Å². The molecule has 4 nitrogen and oxygen atoms in total. The molecule has 2 aliphatic heterocycles. The number of nitrogens with one attached hydrogen (secondary N) is 1. The molecule has 1 amide bonds. The predicted molar refractivity (Wildman–Crippen MR) is 84.0 cm³/mol. The second-order valence-corrected chi connectivity index (χ2v) is 6.16. The second-order valence-electron chi connectivity index (χ2n) is 6.16. The van der Waals surface area contributed by atoms with E-state index >= 15 is 0 Å². The maximum Gasteiger partial charge on any atom is 0.236 e. The summed E-state index contributed by atoms with van der Waals surface area (Å²) in [5.41, 5.74) is 1.12. The van der Waals surface area contributed by atoms with Gasteiger partial charge in [0.1, 0.15) is 5.82 Å². The first-order chi connectivity index (χ1) is 10.7. The van der Waals surface area contributed by atoms with Crippen LogP contribution in [0.4, 0.5) is 4.39 Å². The number of halogens is 1. The number of rotatable bonds is 3. The Kier molecular flexibility index (Phi) is 5.05. The average molecular weight is 305 g/mol. The van der Waals surface area contributed by atoms with Crippen LogP contribution < -0.4 is 5.32 Å². The Labute approximate surface area is 131 Å². The predicted octanol–water partition coefficient (Wildman–Crippen LogP) is 1.78. The van der Waals surface area contributed by atoms with Crippen LogP contribution in [-0.4, -0.2) is 55.0 Å². The summed E-state index contributed by atoms with van der Waals surface area (Å²) in [6.45, 7) is 4.78. The molecule has 2 aliphatic rings. The molecule has 0 saturated carbocycles. The molecular weight excluding hydrogens is 281 g/mol. The molecule has 2 saturated heterocycles. The lowest BCUT2D eigenvalue weighted by Crippen LogP contribution is -2.50. The van der Waals surface area contributed by atoms with Gasteiger partial charge in [0, 0.05) is 32.2 Å². The first-order valence-corrected chi connectivity index (χ1v) is 8.22. The van der Waals surface area contributed by atoms with Crippen molar-refractivity contribution < 1.29 is 9.18 Å². The number of hydrogen-bond acceptors (Lipinski definition) is 3. The Morgan fingerprint density at radius 1 is 1.14 bits per heavy atom. The van der Waals surface area contributed by atoms with E-state index in [4.69, 9.17) is 0 Å². The average Bonchev–Trinajstić information content (AvgIpc) is 2.57. The zero-order chi connectivity index (χ0) is 15.4. The summed E-state index contributed by atoms with van der Waals surface area (Å²) in [5.74, 6) is 0.0125. The van der Waals surface area contributed by atoms with Crippen LogP contribution >= 0.6 is 0 Å². The molecule has 0 aliphatic carbocycles. The minimum Gasteiger partial charge on any atom is -0.339 e.